The number of hydrogen-bond donors (Lipinski definition) is 0. The first-order valence-corrected chi connectivity index (χ1v) is 7.37. The fourth-order valence-corrected chi connectivity index (χ4v) is 2.68. The molecular weight excluding hydrogens is 296 g/mol. The second-order valence-corrected chi connectivity index (χ2v) is 5.69. The topological polar surface area (TPSA) is 80.3 Å². The smallest absolute Gasteiger partial charge is 0.197 e. The summed E-state index contributed by atoms with van der Waals surface area (Å²) in [6.45, 7) is 2.04. The average molecular weight is 308 g/mol. The minimum Gasteiger partial charge on any atom is -0.305 e. The van der Waals surface area contributed by atoms with Crippen molar-refractivity contribution < 1.29 is 0 Å². The normalized spacial score (nSPS) is 10.4. The zero-order chi connectivity index (χ0) is 15.5. The molecule has 0 aliphatic rings. The van der Waals surface area contributed by atoms with Gasteiger partial charge in [-0.05, 0) is 36.9 Å². The van der Waals surface area contributed by atoms with Crippen LogP contribution < -0.4 is 0 Å². The number of nitrogens with zero attached hydrogens (tertiary/aromatic N) is 6. The first kappa shape index (κ1) is 14.2. The van der Waals surface area contributed by atoms with E-state index in [2.05, 4.69) is 26.5 Å². The van der Waals surface area contributed by atoms with Gasteiger partial charge in [-0.1, -0.05) is 23.8 Å². The Kier molecular flexibility index (Phi) is 3.85. The second-order valence-electron chi connectivity index (χ2n) is 4.71. The molecule has 0 radical (unpaired) electrons. The van der Waals surface area contributed by atoms with E-state index in [0.29, 0.717) is 10.7 Å². The van der Waals surface area contributed by atoms with Crippen LogP contribution in [0.5, 0.6) is 0 Å². The predicted molar refractivity (Wildman–Crippen MR) is 82.0 cm³/mol. The highest BCUT2D eigenvalue weighted by atomic mass is 32.2. The van der Waals surface area contributed by atoms with Crippen molar-refractivity contribution in [3.05, 3.63) is 47.7 Å². The molecule has 0 amide bonds. The molecule has 3 aromatic rings. The fraction of sp³-hybridized carbons (Fsp3) is 0.133. The van der Waals surface area contributed by atoms with Crippen LogP contribution in [0.4, 0.5) is 0 Å². The second kappa shape index (κ2) is 5.95. The standard InChI is InChI=1S/C15H12N6S/c1-10-4-3-5-11(8-10)14-19-20-15(21(14)2)22-13-7-6-12(9-16)17-18-13/h3-8H,1-2H3. The van der Waals surface area contributed by atoms with E-state index in [4.69, 9.17) is 5.26 Å². The van der Waals surface area contributed by atoms with E-state index < -0.39 is 0 Å². The lowest BCUT2D eigenvalue weighted by Crippen LogP contribution is -1.96. The molecule has 0 bridgehead atoms. The highest BCUT2D eigenvalue weighted by Gasteiger charge is 2.13. The summed E-state index contributed by atoms with van der Waals surface area (Å²) in [5, 5.41) is 26.4. The van der Waals surface area contributed by atoms with Gasteiger partial charge in [-0.25, -0.2) is 0 Å². The molecule has 0 spiro atoms. The van der Waals surface area contributed by atoms with Crippen LogP contribution >= 0.6 is 11.8 Å². The Morgan fingerprint density at radius 2 is 1.95 bits per heavy atom. The summed E-state index contributed by atoms with van der Waals surface area (Å²) in [4.78, 5) is 0. The van der Waals surface area contributed by atoms with Crippen LogP contribution in [0, 0.1) is 18.3 Å². The molecule has 0 aliphatic carbocycles. The Balaban J connectivity index is 1.88. The number of benzene rings is 1. The van der Waals surface area contributed by atoms with Gasteiger partial charge < -0.3 is 4.57 Å². The van der Waals surface area contributed by atoms with Crippen LogP contribution in [-0.4, -0.2) is 25.0 Å². The number of rotatable bonds is 3. The van der Waals surface area contributed by atoms with Crippen LogP contribution in [0.3, 0.4) is 0 Å². The van der Waals surface area contributed by atoms with Gasteiger partial charge in [-0.15, -0.1) is 20.4 Å². The van der Waals surface area contributed by atoms with E-state index >= 15 is 0 Å². The molecule has 0 saturated carbocycles. The zero-order valence-corrected chi connectivity index (χ0v) is 12.9. The van der Waals surface area contributed by atoms with Gasteiger partial charge in [0.25, 0.3) is 0 Å². The maximum Gasteiger partial charge on any atom is 0.197 e. The van der Waals surface area contributed by atoms with Crippen molar-refractivity contribution in [2.75, 3.05) is 0 Å². The molecule has 0 N–H and O–H groups in total. The highest BCUT2D eigenvalue weighted by molar-refractivity contribution is 7.99. The third kappa shape index (κ3) is 2.82. The molecule has 1 aromatic carbocycles. The van der Waals surface area contributed by atoms with Gasteiger partial charge >= 0.3 is 0 Å². The molecule has 0 unspecified atom stereocenters. The Hall–Kier alpha value is -2.72. The van der Waals surface area contributed by atoms with Crippen molar-refractivity contribution in [1.29, 1.82) is 5.26 Å². The summed E-state index contributed by atoms with van der Waals surface area (Å²) in [6.07, 6.45) is 0. The monoisotopic (exact) mass is 308 g/mol. The quantitative estimate of drug-likeness (QED) is 0.740. The fourth-order valence-electron chi connectivity index (χ4n) is 1.97. The molecule has 2 aromatic heterocycles. The molecule has 22 heavy (non-hydrogen) atoms. The van der Waals surface area contributed by atoms with Gasteiger partial charge in [0.2, 0.25) is 0 Å². The summed E-state index contributed by atoms with van der Waals surface area (Å²) in [5.41, 5.74) is 2.49. The lowest BCUT2D eigenvalue weighted by Gasteiger charge is -2.04. The van der Waals surface area contributed by atoms with Crippen LogP contribution in [0.25, 0.3) is 11.4 Å². The number of aromatic nitrogens is 5. The third-order valence-corrected chi connectivity index (χ3v) is 4.03. The Morgan fingerprint density at radius 3 is 2.64 bits per heavy atom. The van der Waals surface area contributed by atoms with Crippen molar-refractivity contribution in [3.8, 4) is 17.5 Å². The molecule has 0 saturated heterocycles. The minimum atomic E-state index is 0.294. The summed E-state index contributed by atoms with van der Waals surface area (Å²) in [5.74, 6) is 0.799. The first-order valence-electron chi connectivity index (χ1n) is 6.55. The highest BCUT2D eigenvalue weighted by Crippen LogP contribution is 2.27. The summed E-state index contributed by atoms with van der Waals surface area (Å²) >= 11 is 1.36. The molecule has 0 atom stereocenters. The van der Waals surface area contributed by atoms with E-state index in [0.717, 1.165) is 16.5 Å². The van der Waals surface area contributed by atoms with Crippen LogP contribution in [-0.2, 0) is 7.05 Å². The van der Waals surface area contributed by atoms with Gasteiger partial charge in [-0.2, -0.15) is 5.26 Å². The van der Waals surface area contributed by atoms with E-state index in [1.54, 1.807) is 12.1 Å². The van der Waals surface area contributed by atoms with Crippen LogP contribution in [0.2, 0.25) is 0 Å². The van der Waals surface area contributed by atoms with E-state index in [-0.39, 0.29) is 0 Å². The lowest BCUT2D eigenvalue weighted by atomic mass is 10.1. The van der Waals surface area contributed by atoms with Gasteiger partial charge in [0.15, 0.2) is 16.7 Å². The average Bonchev–Trinajstić information content (AvgIpc) is 2.89. The van der Waals surface area contributed by atoms with Gasteiger partial charge in [0.05, 0.1) is 0 Å². The third-order valence-electron chi connectivity index (χ3n) is 3.06. The van der Waals surface area contributed by atoms with E-state index in [1.807, 2.05) is 42.8 Å². The maximum absolute atomic E-state index is 8.73. The van der Waals surface area contributed by atoms with Crippen molar-refractivity contribution in [2.45, 2.75) is 17.1 Å². The molecule has 0 aliphatic heterocycles. The SMILES string of the molecule is Cc1cccc(-c2nnc(Sc3ccc(C#N)nn3)n2C)c1. The number of hydrogen-bond acceptors (Lipinski definition) is 6. The van der Waals surface area contributed by atoms with Crippen LogP contribution in [0.1, 0.15) is 11.3 Å². The van der Waals surface area contributed by atoms with Gasteiger partial charge in [-0.3, -0.25) is 0 Å². The molecule has 6 nitrogen and oxygen atoms in total. The summed E-state index contributed by atoms with van der Waals surface area (Å²) in [7, 11) is 1.91. The molecule has 2 heterocycles. The van der Waals surface area contributed by atoms with Gasteiger partial charge in [0.1, 0.15) is 11.1 Å². The number of nitriles is 1. The summed E-state index contributed by atoms with van der Waals surface area (Å²) < 4.78 is 1.92. The molecule has 3 rings (SSSR count). The molecule has 108 valence electrons. The summed E-state index contributed by atoms with van der Waals surface area (Å²) in [6, 6.07) is 13.4. The molecule has 0 fully saturated rings. The minimum absolute atomic E-state index is 0.294. The van der Waals surface area contributed by atoms with Crippen LogP contribution in [0.15, 0.2) is 46.6 Å². The van der Waals surface area contributed by atoms with Crippen molar-refractivity contribution in [1.82, 2.24) is 25.0 Å². The molecule has 7 heteroatoms. The number of aryl methyl sites for hydroxylation is 1. The van der Waals surface area contributed by atoms with E-state index in [9.17, 15) is 0 Å². The molecular formula is C15H12N6S. The predicted octanol–water partition coefficient (Wildman–Crippen LogP) is 2.60. The van der Waals surface area contributed by atoms with Crippen molar-refractivity contribution in [2.24, 2.45) is 7.05 Å². The van der Waals surface area contributed by atoms with Crippen molar-refractivity contribution in [3.63, 3.8) is 0 Å². The van der Waals surface area contributed by atoms with E-state index in [1.165, 1.54) is 17.3 Å². The van der Waals surface area contributed by atoms with Gasteiger partial charge in [0, 0.05) is 12.6 Å². The maximum atomic E-state index is 8.73. The zero-order valence-electron chi connectivity index (χ0n) is 12.1. The first-order chi connectivity index (χ1) is 10.7. The Bertz CT molecular complexity index is 847. The Morgan fingerprint density at radius 1 is 1.09 bits per heavy atom. The van der Waals surface area contributed by atoms with Crippen molar-refractivity contribution >= 4 is 11.8 Å². The largest absolute Gasteiger partial charge is 0.305 e. The lowest BCUT2D eigenvalue weighted by molar-refractivity contribution is 0.789. The Labute approximate surface area is 131 Å².